The minimum absolute atomic E-state index is 0.0530. The molecule has 0 N–H and O–H groups in total. The first kappa shape index (κ1) is 38.2. The molecule has 0 fully saturated rings. The number of nitro groups is 2. The van der Waals surface area contributed by atoms with Crippen LogP contribution in [0.25, 0.3) is 43.1 Å². The van der Waals surface area contributed by atoms with Crippen molar-refractivity contribution in [3.63, 3.8) is 0 Å². The van der Waals surface area contributed by atoms with Gasteiger partial charge in [0.25, 0.3) is 11.4 Å². The Balaban J connectivity index is 1.43. The van der Waals surface area contributed by atoms with Gasteiger partial charge in [0.05, 0.1) is 32.0 Å². The second-order valence-corrected chi connectivity index (χ2v) is 15.3. The largest absolute Gasteiger partial charge is 0.310 e. The Bertz CT molecular complexity index is 3020. The van der Waals surface area contributed by atoms with Crippen LogP contribution in [-0.4, -0.2) is 9.85 Å². The number of anilines is 6. The van der Waals surface area contributed by atoms with Crippen molar-refractivity contribution >= 4 is 88.6 Å². The normalized spacial score (nSPS) is 11.5. The Morgan fingerprint density at radius 1 is 0.383 bits per heavy atom. The molecular weight excluding hydrogens is 745 g/mol. The highest BCUT2D eigenvalue weighted by Crippen LogP contribution is 2.53. The van der Waals surface area contributed by atoms with Gasteiger partial charge in [-0.2, -0.15) is 0 Å². The van der Waals surface area contributed by atoms with Crippen LogP contribution in [0.5, 0.6) is 0 Å². The molecule has 60 heavy (non-hydrogen) atoms. The quantitative estimate of drug-likeness (QED) is 0.0530. The molecule has 0 saturated heterocycles. The molecule has 0 atom stereocenters. The molecule has 0 saturated carbocycles. The van der Waals surface area contributed by atoms with Gasteiger partial charge in [-0.25, -0.2) is 0 Å². The fourth-order valence-corrected chi connectivity index (χ4v) is 9.02. The number of non-ortho nitro benzene ring substituents is 2. The van der Waals surface area contributed by atoms with E-state index in [4.69, 9.17) is 0 Å². The number of nitro benzene ring substituents is 2. The first-order chi connectivity index (χ1) is 29.2. The first-order valence-electron chi connectivity index (χ1n) is 20.7. The number of rotatable bonds is 12. The number of fused-ring (bicyclic) bond motifs is 2. The fraction of sp³-hybridized carbons (Fsp3) is 0.154. The van der Waals surface area contributed by atoms with Gasteiger partial charge >= 0.3 is 0 Å². The average Bonchev–Trinajstić information content (AvgIpc) is 3.28. The maximum atomic E-state index is 13.6. The Kier molecular flexibility index (Phi) is 9.84. The third-order valence-electron chi connectivity index (χ3n) is 12.0. The molecular formula is C52H44N4O4. The zero-order chi connectivity index (χ0) is 41.7. The lowest BCUT2D eigenvalue weighted by atomic mass is 9.86. The minimum Gasteiger partial charge on any atom is -0.310 e. The molecule has 0 aliphatic carbocycles. The maximum absolute atomic E-state index is 13.6. The van der Waals surface area contributed by atoms with Gasteiger partial charge in [-0.3, -0.25) is 20.2 Å². The summed E-state index contributed by atoms with van der Waals surface area (Å²) in [6.45, 7) is 8.47. The molecule has 0 spiro atoms. The summed E-state index contributed by atoms with van der Waals surface area (Å²) in [5, 5.41) is 31.5. The van der Waals surface area contributed by atoms with Crippen molar-refractivity contribution in [1.82, 2.24) is 0 Å². The number of benzene rings is 9. The number of hydrogen-bond acceptors (Lipinski definition) is 6. The highest BCUT2D eigenvalue weighted by molar-refractivity contribution is 6.38. The van der Waals surface area contributed by atoms with E-state index in [1.54, 1.807) is 12.1 Å². The smallest absolute Gasteiger partial charge is 0.279 e. The SMILES string of the molecule is CCc1cccc(N(c2cccc(CC)c2)c2ccc3c4c([N+](=O)[O-])cc(N(c5cccc(CC)c5)c5cccc(CC)c5)c5cccc(c6c([N+](=O)[O-])ccc2c36)c54)c1. The molecule has 0 bridgehead atoms. The Morgan fingerprint density at radius 2 is 0.750 bits per heavy atom. The summed E-state index contributed by atoms with van der Waals surface area (Å²) in [4.78, 5) is 30.3. The number of aryl methyl sites for hydroxylation is 4. The molecule has 0 aromatic heterocycles. The van der Waals surface area contributed by atoms with Crippen molar-refractivity contribution in [3.05, 3.63) is 188 Å². The highest BCUT2D eigenvalue weighted by atomic mass is 16.6. The monoisotopic (exact) mass is 788 g/mol. The molecule has 0 radical (unpaired) electrons. The number of nitrogens with zero attached hydrogens (tertiary/aromatic N) is 4. The molecule has 0 amide bonds. The van der Waals surface area contributed by atoms with Crippen molar-refractivity contribution in [3.8, 4) is 0 Å². The van der Waals surface area contributed by atoms with Gasteiger partial charge in [0.15, 0.2) is 0 Å². The third-order valence-corrected chi connectivity index (χ3v) is 12.0. The van der Waals surface area contributed by atoms with Crippen molar-refractivity contribution in [2.75, 3.05) is 9.80 Å². The van der Waals surface area contributed by atoms with Crippen LogP contribution in [0, 0.1) is 20.2 Å². The standard InChI is InChI=1S/C52H44N4O4/c1-5-33-14-9-18-37(28-33)53(38-19-10-15-34(6-2)29-38)45-26-25-44-50-42(45)24-27-46(55(57)58)51(50)43-23-13-22-41-47(32-48(56(59)60)52(44)49(41)43)54(39-20-11-16-35(7-3)30-39)40-21-12-17-36(8-4)31-40/h9-32H,5-8H2,1-4H3. The van der Waals surface area contributed by atoms with Gasteiger partial charge < -0.3 is 9.80 Å². The van der Waals surface area contributed by atoms with Gasteiger partial charge in [-0.15, -0.1) is 0 Å². The summed E-state index contributed by atoms with van der Waals surface area (Å²) in [7, 11) is 0. The predicted octanol–water partition coefficient (Wildman–Crippen LogP) is 14.7. The van der Waals surface area contributed by atoms with Gasteiger partial charge in [0.2, 0.25) is 0 Å². The second kappa shape index (κ2) is 15.5. The average molecular weight is 789 g/mol. The van der Waals surface area contributed by atoms with E-state index in [0.717, 1.165) is 76.0 Å². The molecule has 8 nitrogen and oxygen atoms in total. The van der Waals surface area contributed by atoms with Gasteiger partial charge in [0.1, 0.15) is 0 Å². The summed E-state index contributed by atoms with van der Waals surface area (Å²) >= 11 is 0. The summed E-state index contributed by atoms with van der Waals surface area (Å²) in [5.41, 5.74) is 9.56. The van der Waals surface area contributed by atoms with Crippen LogP contribution in [0.1, 0.15) is 49.9 Å². The molecule has 8 heteroatoms. The van der Waals surface area contributed by atoms with E-state index in [-0.39, 0.29) is 21.2 Å². The van der Waals surface area contributed by atoms with Crippen LogP contribution in [-0.2, 0) is 25.7 Å². The van der Waals surface area contributed by atoms with E-state index in [0.29, 0.717) is 38.0 Å². The van der Waals surface area contributed by atoms with Gasteiger partial charge in [-0.05, 0) is 119 Å². The topological polar surface area (TPSA) is 92.8 Å². The Morgan fingerprint density at radius 3 is 1.20 bits per heavy atom. The van der Waals surface area contributed by atoms with Crippen LogP contribution < -0.4 is 9.80 Å². The fourth-order valence-electron chi connectivity index (χ4n) is 9.02. The zero-order valence-corrected chi connectivity index (χ0v) is 34.1. The summed E-state index contributed by atoms with van der Waals surface area (Å²) in [5.74, 6) is 0. The van der Waals surface area contributed by atoms with Gasteiger partial charge in [0, 0.05) is 56.4 Å². The summed E-state index contributed by atoms with van der Waals surface area (Å²) in [6, 6.07) is 48.2. The van der Waals surface area contributed by atoms with Gasteiger partial charge in [-0.1, -0.05) is 100 Å². The minimum atomic E-state index is -0.334. The molecule has 296 valence electrons. The molecule has 0 aliphatic heterocycles. The van der Waals surface area contributed by atoms with E-state index in [1.807, 2.05) is 60.7 Å². The summed E-state index contributed by atoms with van der Waals surface area (Å²) < 4.78 is 0. The van der Waals surface area contributed by atoms with Crippen molar-refractivity contribution in [2.45, 2.75) is 53.4 Å². The maximum Gasteiger partial charge on any atom is 0.279 e. The molecule has 9 rings (SSSR count). The van der Waals surface area contributed by atoms with Crippen LogP contribution in [0.15, 0.2) is 146 Å². The van der Waals surface area contributed by atoms with E-state index in [2.05, 4.69) is 110 Å². The Hall–Kier alpha value is -7.32. The van der Waals surface area contributed by atoms with Crippen LogP contribution in [0.3, 0.4) is 0 Å². The van der Waals surface area contributed by atoms with Crippen molar-refractivity contribution < 1.29 is 9.85 Å². The molecule has 0 unspecified atom stereocenters. The molecule has 0 aliphatic rings. The van der Waals surface area contributed by atoms with Crippen molar-refractivity contribution in [2.24, 2.45) is 0 Å². The third kappa shape index (κ3) is 6.32. The lowest BCUT2D eigenvalue weighted by molar-refractivity contribution is -0.383. The van der Waals surface area contributed by atoms with Crippen LogP contribution in [0.4, 0.5) is 45.5 Å². The molecule has 9 aromatic carbocycles. The Labute approximate surface area is 348 Å². The van der Waals surface area contributed by atoms with Crippen LogP contribution >= 0.6 is 0 Å². The highest BCUT2D eigenvalue weighted by Gasteiger charge is 2.30. The first-order valence-corrected chi connectivity index (χ1v) is 20.7. The van der Waals surface area contributed by atoms with E-state index in [1.165, 1.54) is 11.1 Å². The van der Waals surface area contributed by atoms with E-state index >= 15 is 0 Å². The van der Waals surface area contributed by atoms with Crippen molar-refractivity contribution in [1.29, 1.82) is 0 Å². The lowest BCUT2D eigenvalue weighted by Crippen LogP contribution is -2.12. The number of hydrogen-bond donors (Lipinski definition) is 0. The predicted molar refractivity (Wildman–Crippen MR) is 248 cm³/mol. The lowest BCUT2D eigenvalue weighted by Gasteiger charge is -2.29. The van der Waals surface area contributed by atoms with Crippen LogP contribution in [0.2, 0.25) is 0 Å². The molecule has 0 heterocycles. The van der Waals surface area contributed by atoms with E-state index in [9.17, 15) is 20.2 Å². The second-order valence-electron chi connectivity index (χ2n) is 15.3. The van der Waals surface area contributed by atoms with E-state index < -0.39 is 0 Å². The zero-order valence-electron chi connectivity index (χ0n) is 34.1. The molecule has 9 aromatic rings. The summed E-state index contributed by atoms with van der Waals surface area (Å²) in [6.07, 6.45) is 3.34.